The Morgan fingerprint density at radius 1 is 1.19 bits per heavy atom. The van der Waals surface area contributed by atoms with E-state index in [0.717, 1.165) is 17.7 Å². The fourth-order valence-electron chi connectivity index (χ4n) is 2.96. The molecule has 0 radical (unpaired) electrons. The van der Waals surface area contributed by atoms with Crippen LogP contribution in [0.4, 0.5) is 8.78 Å². The minimum atomic E-state index is -0.393. The van der Waals surface area contributed by atoms with E-state index in [1.807, 2.05) is 6.92 Å². The van der Waals surface area contributed by atoms with E-state index in [0.29, 0.717) is 12.1 Å². The van der Waals surface area contributed by atoms with Crippen LogP contribution < -0.4 is 5.32 Å². The first kappa shape index (κ1) is 14.7. The number of thiophene rings is 1. The number of halogens is 2. The van der Waals surface area contributed by atoms with Gasteiger partial charge in [-0.3, -0.25) is 0 Å². The minimum Gasteiger partial charge on any atom is -0.306 e. The molecule has 3 rings (SSSR count). The normalized spacial score (nSPS) is 15.8. The molecule has 1 aromatic heterocycles. The van der Waals surface area contributed by atoms with Crippen LogP contribution in [-0.2, 0) is 12.8 Å². The van der Waals surface area contributed by atoms with E-state index in [4.69, 9.17) is 0 Å². The average molecular weight is 307 g/mol. The summed E-state index contributed by atoms with van der Waals surface area (Å²) in [5.74, 6) is -0.746. The first-order valence-electron chi connectivity index (χ1n) is 7.49. The molecular weight excluding hydrogens is 288 g/mol. The van der Waals surface area contributed by atoms with Crippen molar-refractivity contribution in [2.75, 3.05) is 6.54 Å². The molecule has 21 heavy (non-hydrogen) atoms. The number of fused-ring (bicyclic) bond motifs is 1. The molecule has 112 valence electrons. The smallest absolute Gasteiger partial charge is 0.128 e. The molecule has 1 nitrogen and oxygen atoms in total. The number of aryl methyl sites for hydroxylation is 2. The lowest BCUT2D eigenvalue weighted by molar-refractivity contribution is 0.548. The first-order valence-corrected chi connectivity index (χ1v) is 8.30. The Labute approximate surface area is 128 Å². The van der Waals surface area contributed by atoms with E-state index in [1.165, 1.54) is 41.5 Å². The summed E-state index contributed by atoms with van der Waals surface area (Å²) in [6.07, 6.45) is 4.68. The van der Waals surface area contributed by atoms with Crippen LogP contribution in [-0.4, -0.2) is 6.54 Å². The summed E-state index contributed by atoms with van der Waals surface area (Å²) < 4.78 is 27.6. The minimum absolute atomic E-state index is 0.263. The summed E-state index contributed by atoms with van der Waals surface area (Å²) in [5, 5.41) is 3.30. The molecule has 1 aliphatic carbocycles. The van der Waals surface area contributed by atoms with Gasteiger partial charge in [0.05, 0.1) is 6.04 Å². The summed E-state index contributed by atoms with van der Waals surface area (Å²) in [4.78, 5) is 2.50. The zero-order valence-corrected chi connectivity index (χ0v) is 12.9. The molecule has 0 bridgehead atoms. The molecule has 2 aromatic rings. The van der Waals surface area contributed by atoms with Crippen LogP contribution in [0.1, 0.15) is 46.7 Å². The zero-order valence-electron chi connectivity index (χ0n) is 12.1. The van der Waals surface area contributed by atoms with Gasteiger partial charge in [-0.05, 0) is 62.1 Å². The summed E-state index contributed by atoms with van der Waals surface area (Å²) in [6.45, 7) is 2.70. The topological polar surface area (TPSA) is 12.0 Å². The average Bonchev–Trinajstić information content (AvgIpc) is 2.91. The van der Waals surface area contributed by atoms with Gasteiger partial charge in [-0.25, -0.2) is 8.78 Å². The van der Waals surface area contributed by atoms with Crippen LogP contribution in [0.15, 0.2) is 24.3 Å². The Bertz CT molecular complexity index is 612. The van der Waals surface area contributed by atoms with Gasteiger partial charge in [-0.15, -0.1) is 11.3 Å². The molecule has 1 unspecified atom stereocenters. The molecule has 1 aromatic carbocycles. The second-order valence-corrected chi connectivity index (χ2v) is 6.63. The van der Waals surface area contributed by atoms with E-state index in [1.54, 1.807) is 11.3 Å². The van der Waals surface area contributed by atoms with Crippen LogP contribution >= 0.6 is 11.3 Å². The van der Waals surface area contributed by atoms with E-state index in [2.05, 4.69) is 11.4 Å². The van der Waals surface area contributed by atoms with Gasteiger partial charge in [0.25, 0.3) is 0 Å². The summed E-state index contributed by atoms with van der Waals surface area (Å²) in [6, 6.07) is 5.60. The Hall–Kier alpha value is -1.26. The molecular formula is C17H19F2NS. The van der Waals surface area contributed by atoms with Crippen LogP contribution in [0.2, 0.25) is 0 Å². The van der Waals surface area contributed by atoms with E-state index in [9.17, 15) is 8.78 Å². The molecule has 0 aliphatic heterocycles. The lowest BCUT2D eigenvalue weighted by Crippen LogP contribution is -2.22. The van der Waals surface area contributed by atoms with Crippen molar-refractivity contribution in [2.24, 2.45) is 0 Å². The van der Waals surface area contributed by atoms with Crippen molar-refractivity contribution in [3.63, 3.8) is 0 Å². The van der Waals surface area contributed by atoms with Crippen molar-refractivity contribution < 1.29 is 8.78 Å². The van der Waals surface area contributed by atoms with Crippen LogP contribution in [0, 0.1) is 11.6 Å². The number of hydrogen-bond acceptors (Lipinski definition) is 2. The highest BCUT2D eigenvalue weighted by atomic mass is 32.1. The number of hydrogen-bond donors (Lipinski definition) is 1. The Morgan fingerprint density at radius 3 is 2.76 bits per heavy atom. The maximum Gasteiger partial charge on any atom is 0.128 e. The van der Waals surface area contributed by atoms with Crippen LogP contribution in [0.25, 0.3) is 0 Å². The van der Waals surface area contributed by atoms with Crippen molar-refractivity contribution in [2.45, 2.75) is 38.6 Å². The Kier molecular flexibility index (Phi) is 4.36. The van der Waals surface area contributed by atoms with Crippen LogP contribution in [0.3, 0.4) is 0 Å². The molecule has 1 atom stereocenters. The van der Waals surface area contributed by atoms with E-state index >= 15 is 0 Å². The predicted octanol–water partition coefficient (Wildman–Crippen LogP) is 4.60. The third kappa shape index (κ3) is 3.01. The first-order chi connectivity index (χ1) is 10.2. The van der Waals surface area contributed by atoms with Gasteiger partial charge in [0.1, 0.15) is 11.6 Å². The maximum absolute atomic E-state index is 14.1. The molecule has 1 N–H and O–H groups in total. The SMILES string of the molecule is CCNC(c1cc2c(s1)CCCC2)c1cc(F)ccc1F. The lowest BCUT2D eigenvalue weighted by atomic mass is 9.97. The molecule has 0 amide bonds. The molecule has 1 heterocycles. The fraction of sp³-hybridized carbons (Fsp3) is 0.412. The lowest BCUT2D eigenvalue weighted by Gasteiger charge is -2.17. The van der Waals surface area contributed by atoms with E-state index in [-0.39, 0.29) is 11.9 Å². The third-order valence-electron chi connectivity index (χ3n) is 3.98. The van der Waals surface area contributed by atoms with Gasteiger partial charge in [0.2, 0.25) is 0 Å². The van der Waals surface area contributed by atoms with Gasteiger partial charge in [-0.2, -0.15) is 0 Å². The number of nitrogens with one attached hydrogen (secondary N) is 1. The number of benzene rings is 1. The fourth-order valence-corrected chi connectivity index (χ4v) is 4.31. The van der Waals surface area contributed by atoms with Crippen molar-refractivity contribution in [3.8, 4) is 0 Å². The summed E-state index contributed by atoms with van der Waals surface area (Å²) in [7, 11) is 0. The molecule has 4 heteroatoms. The third-order valence-corrected chi connectivity index (χ3v) is 5.28. The second kappa shape index (κ2) is 6.24. The molecule has 0 spiro atoms. The maximum atomic E-state index is 14.1. The highest BCUT2D eigenvalue weighted by Crippen LogP contribution is 2.36. The van der Waals surface area contributed by atoms with Gasteiger partial charge < -0.3 is 5.32 Å². The second-order valence-electron chi connectivity index (χ2n) is 5.46. The van der Waals surface area contributed by atoms with E-state index < -0.39 is 5.82 Å². The highest BCUT2D eigenvalue weighted by Gasteiger charge is 2.22. The van der Waals surface area contributed by atoms with Crippen molar-refractivity contribution in [1.82, 2.24) is 5.32 Å². The molecule has 0 saturated heterocycles. The van der Waals surface area contributed by atoms with Gasteiger partial charge in [-0.1, -0.05) is 6.92 Å². The monoisotopic (exact) mass is 307 g/mol. The van der Waals surface area contributed by atoms with Crippen LogP contribution in [0.5, 0.6) is 0 Å². The molecule has 1 aliphatic rings. The van der Waals surface area contributed by atoms with Gasteiger partial charge >= 0.3 is 0 Å². The number of rotatable bonds is 4. The van der Waals surface area contributed by atoms with Gasteiger partial charge in [0.15, 0.2) is 0 Å². The van der Waals surface area contributed by atoms with Crippen molar-refractivity contribution >= 4 is 11.3 Å². The summed E-state index contributed by atoms with van der Waals surface area (Å²) in [5.41, 5.74) is 1.79. The Morgan fingerprint density at radius 2 is 2.00 bits per heavy atom. The molecule has 0 fully saturated rings. The standard InChI is InChI=1S/C17H19F2NS/c1-2-20-17(13-10-12(18)7-8-14(13)19)16-9-11-5-3-4-6-15(11)21-16/h7-10,17,20H,2-6H2,1H3. The molecule has 0 saturated carbocycles. The zero-order chi connectivity index (χ0) is 14.8. The summed E-state index contributed by atoms with van der Waals surface area (Å²) >= 11 is 1.74. The largest absolute Gasteiger partial charge is 0.306 e. The van der Waals surface area contributed by atoms with Crippen molar-refractivity contribution in [1.29, 1.82) is 0 Å². The quantitative estimate of drug-likeness (QED) is 0.870. The van der Waals surface area contributed by atoms with Crippen molar-refractivity contribution in [3.05, 3.63) is 56.8 Å². The Balaban J connectivity index is 2.01. The van der Waals surface area contributed by atoms with Gasteiger partial charge in [0, 0.05) is 15.3 Å². The highest BCUT2D eigenvalue weighted by molar-refractivity contribution is 7.12. The predicted molar refractivity (Wildman–Crippen MR) is 82.8 cm³/mol.